The molecule has 0 atom stereocenters. The number of nitrogens with zero attached hydrogens (tertiary/aromatic N) is 2. The van der Waals surface area contributed by atoms with Gasteiger partial charge in [-0.15, -0.1) is 0 Å². The number of hydrogen-bond donors (Lipinski definition) is 0. The van der Waals surface area contributed by atoms with E-state index in [2.05, 4.69) is 9.97 Å². The van der Waals surface area contributed by atoms with Gasteiger partial charge in [0, 0.05) is 23.8 Å². The second-order valence-corrected chi connectivity index (χ2v) is 2.22. The Morgan fingerprint density at radius 3 is 3.09 bits per heavy atom. The molecule has 53 valence electrons. The third-order valence-corrected chi connectivity index (χ3v) is 1.46. The summed E-state index contributed by atoms with van der Waals surface area (Å²) in [6.45, 7) is 0. The molecule has 0 N–H and O–H groups in total. The van der Waals surface area contributed by atoms with Gasteiger partial charge in [0.2, 0.25) is 0 Å². The van der Waals surface area contributed by atoms with E-state index in [1.165, 1.54) is 12.3 Å². The fourth-order valence-corrected chi connectivity index (χ4v) is 0.947. The molecular formula is C8H5N2O. The lowest BCUT2D eigenvalue weighted by Crippen LogP contribution is -1.78. The van der Waals surface area contributed by atoms with Crippen molar-refractivity contribution in [2.24, 2.45) is 0 Å². The van der Waals surface area contributed by atoms with Crippen LogP contribution in [0.1, 0.15) is 0 Å². The molecule has 2 aromatic rings. The van der Waals surface area contributed by atoms with E-state index in [0.29, 0.717) is 5.52 Å². The number of pyridine rings is 2. The highest BCUT2D eigenvalue weighted by molar-refractivity contribution is 5.77. The van der Waals surface area contributed by atoms with Crippen LogP contribution in [0.2, 0.25) is 0 Å². The summed E-state index contributed by atoms with van der Waals surface area (Å²) in [4.78, 5) is 7.61. The van der Waals surface area contributed by atoms with Gasteiger partial charge in [-0.25, -0.2) is 4.98 Å². The van der Waals surface area contributed by atoms with Crippen LogP contribution in [-0.4, -0.2) is 9.97 Å². The number of hydrogen-bond acceptors (Lipinski definition) is 2. The molecule has 0 bridgehead atoms. The fraction of sp³-hybridized carbons (Fsp3) is 0. The maximum Gasteiger partial charge on any atom is 0.271 e. The van der Waals surface area contributed by atoms with Crippen LogP contribution in [0.5, 0.6) is 5.88 Å². The maximum atomic E-state index is 10.7. The van der Waals surface area contributed by atoms with E-state index in [4.69, 9.17) is 0 Å². The molecule has 0 amide bonds. The average molecular weight is 145 g/mol. The van der Waals surface area contributed by atoms with Gasteiger partial charge in [-0.2, -0.15) is 0 Å². The Morgan fingerprint density at radius 1 is 1.27 bits per heavy atom. The van der Waals surface area contributed by atoms with Crippen molar-refractivity contribution in [2.75, 3.05) is 0 Å². The molecule has 0 aliphatic rings. The van der Waals surface area contributed by atoms with Crippen molar-refractivity contribution >= 4 is 10.9 Å². The van der Waals surface area contributed by atoms with Gasteiger partial charge in [-0.1, -0.05) is 0 Å². The van der Waals surface area contributed by atoms with Crippen molar-refractivity contribution in [3.8, 4) is 5.88 Å². The van der Waals surface area contributed by atoms with Crippen LogP contribution >= 0.6 is 0 Å². The first-order valence-electron chi connectivity index (χ1n) is 3.24. The highest BCUT2D eigenvalue weighted by Crippen LogP contribution is 2.13. The summed E-state index contributed by atoms with van der Waals surface area (Å²) in [5.41, 5.74) is 0.701. The maximum absolute atomic E-state index is 10.7. The molecule has 2 aromatic heterocycles. The summed E-state index contributed by atoms with van der Waals surface area (Å²) >= 11 is 0. The molecule has 2 rings (SSSR count). The van der Waals surface area contributed by atoms with Crippen molar-refractivity contribution < 1.29 is 5.11 Å². The molecule has 0 aliphatic heterocycles. The van der Waals surface area contributed by atoms with E-state index in [9.17, 15) is 5.11 Å². The van der Waals surface area contributed by atoms with Gasteiger partial charge < -0.3 is 0 Å². The highest BCUT2D eigenvalue weighted by atomic mass is 16.3. The smallest absolute Gasteiger partial charge is 0.267 e. The summed E-state index contributed by atoms with van der Waals surface area (Å²) in [7, 11) is 0. The summed E-state index contributed by atoms with van der Waals surface area (Å²) in [5, 5.41) is 11.6. The van der Waals surface area contributed by atoms with Gasteiger partial charge >= 0.3 is 0 Å². The van der Waals surface area contributed by atoms with Crippen LogP contribution < -0.4 is 0 Å². The van der Waals surface area contributed by atoms with Crippen LogP contribution in [-0.2, 0) is 5.11 Å². The van der Waals surface area contributed by atoms with Gasteiger partial charge in [0.15, 0.2) is 0 Å². The lowest BCUT2D eigenvalue weighted by atomic mass is 10.3. The van der Waals surface area contributed by atoms with E-state index in [1.807, 2.05) is 12.1 Å². The normalized spacial score (nSPS) is 10.2. The van der Waals surface area contributed by atoms with Gasteiger partial charge in [-0.05, 0) is 12.1 Å². The Kier molecular flexibility index (Phi) is 1.22. The molecule has 3 heteroatoms. The Morgan fingerprint density at radius 2 is 2.18 bits per heavy atom. The molecule has 0 aromatic carbocycles. The molecule has 2 heterocycles. The summed E-state index contributed by atoms with van der Waals surface area (Å²) in [6, 6.07) is 5.11. The lowest BCUT2D eigenvalue weighted by molar-refractivity contribution is 0.338. The van der Waals surface area contributed by atoms with Crippen molar-refractivity contribution in [1.82, 2.24) is 9.97 Å². The average Bonchev–Trinajstić information content (AvgIpc) is 2.04. The quantitative estimate of drug-likeness (QED) is 0.567. The van der Waals surface area contributed by atoms with Crippen LogP contribution in [0.4, 0.5) is 0 Å². The predicted octanol–water partition coefficient (Wildman–Crippen LogP) is 1.77. The van der Waals surface area contributed by atoms with Crippen molar-refractivity contribution in [2.45, 2.75) is 0 Å². The first kappa shape index (κ1) is 6.09. The van der Waals surface area contributed by atoms with Crippen LogP contribution in [0, 0.1) is 0 Å². The summed E-state index contributed by atoms with van der Waals surface area (Å²) in [6.07, 6.45) is 3.19. The van der Waals surface area contributed by atoms with E-state index < -0.39 is 0 Å². The Balaban J connectivity index is 2.83. The van der Waals surface area contributed by atoms with E-state index in [1.54, 1.807) is 6.20 Å². The zero-order valence-electron chi connectivity index (χ0n) is 5.69. The second kappa shape index (κ2) is 2.20. The minimum Gasteiger partial charge on any atom is -0.267 e. The first-order chi connectivity index (χ1) is 5.36. The van der Waals surface area contributed by atoms with Crippen molar-refractivity contribution in [1.29, 1.82) is 0 Å². The third-order valence-electron chi connectivity index (χ3n) is 1.46. The Labute approximate surface area is 63.3 Å². The standard InChI is InChI=1S/C8H5N2O/c11-8-4-7-6(5-10-8)2-1-3-9-7/h1-5H. The zero-order valence-corrected chi connectivity index (χ0v) is 5.69. The lowest BCUT2D eigenvalue weighted by Gasteiger charge is -1.92. The zero-order chi connectivity index (χ0) is 7.68. The molecule has 0 aliphatic carbocycles. The minimum absolute atomic E-state index is 0.240. The van der Waals surface area contributed by atoms with Crippen LogP contribution in [0.15, 0.2) is 30.6 Å². The molecule has 3 nitrogen and oxygen atoms in total. The van der Waals surface area contributed by atoms with Crippen molar-refractivity contribution in [3.63, 3.8) is 0 Å². The number of rotatable bonds is 0. The Bertz CT molecular complexity index is 387. The Hall–Kier alpha value is -1.64. The van der Waals surface area contributed by atoms with E-state index in [-0.39, 0.29) is 5.88 Å². The molecule has 0 unspecified atom stereocenters. The molecule has 11 heavy (non-hydrogen) atoms. The van der Waals surface area contributed by atoms with Gasteiger partial charge in [0.1, 0.15) is 0 Å². The monoisotopic (exact) mass is 145 g/mol. The SMILES string of the molecule is [O]c1cc2ncccc2cn1. The molecular weight excluding hydrogens is 140 g/mol. The number of aromatic nitrogens is 2. The molecule has 0 fully saturated rings. The molecule has 0 saturated carbocycles. The third kappa shape index (κ3) is 1.00. The van der Waals surface area contributed by atoms with Crippen molar-refractivity contribution in [3.05, 3.63) is 30.6 Å². The van der Waals surface area contributed by atoms with E-state index in [0.717, 1.165) is 5.39 Å². The summed E-state index contributed by atoms with van der Waals surface area (Å²) in [5.74, 6) is -0.240. The predicted molar refractivity (Wildman–Crippen MR) is 39.7 cm³/mol. The van der Waals surface area contributed by atoms with E-state index >= 15 is 0 Å². The van der Waals surface area contributed by atoms with Crippen LogP contribution in [0.3, 0.4) is 0 Å². The second-order valence-electron chi connectivity index (χ2n) is 2.22. The molecule has 0 saturated heterocycles. The molecule has 0 spiro atoms. The largest absolute Gasteiger partial charge is 0.271 e. The topological polar surface area (TPSA) is 45.7 Å². The van der Waals surface area contributed by atoms with Crippen LogP contribution in [0.25, 0.3) is 10.9 Å². The molecule has 1 radical (unpaired) electrons. The highest BCUT2D eigenvalue weighted by Gasteiger charge is 1.95. The minimum atomic E-state index is -0.240. The van der Waals surface area contributed by atoms with Gasteiger partial charge in [-0.3, -0.25) is 10.1 Å². The first-order valence-corrected chi connectivity index (χ1v) is 3.24. The number of fused-ring (bicyclic) bond motifs is 1. The van der Waals surface area contributed by atoms with Gasteiger partial charge in [0.05, 0.1) is 5.52 Å². The van der Waals surface area contributed by atoms with Gasteiger partial charge in [0.25, 0.3) is 5.88 Å². The fourth-order valence-electron chi connectivity index (χ4n) is 0.947. The summed E-state index contributed by atoms with van der Waals surface area (Å²) < 4.78 is 0.